The lowest BCUT2D eigenvalue weighted by Crippen LogP contribution is -2.08. The van der Waals surface area contributed by atoms with Crippen LogP contribution in [0, 0.1) is 0 Å². The van der Waals surface area contributed by atoms with Crippen LogP contribution in [-0.4, -0.2) is 22.8 Å². The average Bonchev–Trinajstić information content (AvgIpc) is 2.51. The van der Waals surface area contributed by atoms with Crippen LogP contribution in [0.25, 0.3) is 0 Å². The Labute approximate surface area is 130 Å². The maximum atomic E-state index is 4.44. The summed E-state index contributed by atoms with van der Waals surface area (Å²) in [6.45, 7) is 5.10. The number of para-hydroxylation sites is 1. The number of nitrogens with zero attached hydrogens (tertiary/aromatic N) is 2. The highest BCUT2D eigenvalue weighted by Gasteiger charge is 2.11. The fourth-order valence-electron chi connectivity index (χ4n) is 2.20. The van der Waals surface area contributed by atoms with Crippen molar-refractivity contribution in [2.24, 2.45) is 0 Å². The molecule has 0 fully saturated rings. The molecule has 0 unspecified atom stereocenters. The van der Waals surface area contributed by atoms with Gasteiger partial charge in [-0.05, 0) is 31.7 Å². The Morgan fingerprint density at radius 1 is 1.10 bits per heavy atom. The van der Waals surface area contributed by atoms with E-state index in [1.807, 2.05) is 12.1 Å². The summed E-state index contributed by atoms with van der Waals surface area (Å²) in [7, 11) is 0. The van der Waals surface area contributed by atoms with Crippen molar-refractivity contribution in [2.75, 3.05) is 23.4 Å². The highest BCUT2D eigenvalue weighted by molar-refractivity contribution is 7.98. The Morgan fingerprint density at radius 2 is 1.86 bits per heavy atom. The standard InChI is InChI=1S/C16H22N4S/c1-4-8-12-15(17-5-2)18-11-19-16(12)20-13-9-6-7-10-14(13)21-3/h6-7,9-11H,4-5,8H2,1-3H3,(H2,17,18,19,20). The zero-order valence-electron chi connectivity index (χ0n) is 12.8. The lowest BCUT2D eigenvalue weighted by Gasteiger charge is -2.16. The summed E-state index contributed by atoms with van der Waals surface area (Å²) in [5.41, 5.74) is 2.24. The minimum Gasteiger partial charge on any atom is -0.370 e. The highest BCUT2D eigenvalue weighted by atomic mass is 32.2. The molecule has 0 aliphatic heterocycles. The molecular formula is C16H22N4S. The highest BCUT2D eigenvalue weighted by Crippen LogP contribution is 2.30. The number of benzene rings is 1. The molecule has 1 aromatic carbocycles. The van der Waals surface area contributed by atoms with E-state index in [1.54, 1.807) is 18.1 Å². The SMILES string of the molecule is CCCc1c(NCC)ncnc1Nc1ccccc1SC. The summed E-state index contributed by atoms with van der Waals surface area (Å²) in [5, 5.41) is 6.78. The zero-order chi connectivity index (χ0) is 15.1. The first-order chi connectivity index (χ1) is 10.3. The molecule has 2 aromatic rings. The van der Waals surface area contributed by atoms with Crippen molar-refractivity contribution in [3.05, 3.63) is 36.2 Å². The zero-order valence-corrected chi connectivity index (χ0v) is 13.6. The van der Waals surface area contributed by atoms with Crippen LogP contribution in [0.1, 0.15) is 25.8 Å². The second-order valence-electron chi connectivity index (χ2n) is 4.66. The van der Waals surface area contributed by atoms with E-state index in [0.717, 1.165) is 42.3 Å². The molecule has 0 spiro atoms. The molecule has 4 nitrogen and oxygen atoms in total. The van der Waals surface area contributed by atoms with E-state index < -0.39 is 0 Å². The molecule has 1 aromatic heterocycles. The van der Waals surface area contributed by atoms with Crippen LogP contribution >= 0.6 is 11.8 Å². The van der Waals surface area contributed by atoms with Crippen LogP contribution in [0.4, 0.5) is 17.3 Å². The van der Waals surface area contributed by atoms with E-state index in [2.05, 4.69) is 52.8 Å². The minimum atomic E-state index is 0.856. The van der Waals surface area contributed by atoms with Gasteiger partial charge in [0, 0.05) is 17.0 Å². The molecular weight excluding hydrogens is 280 g/mol. The maximum absolute atomic E-state index is 4.44. The van der Waals surface area contributed by atoms with E-state index in [9.17, 15) is 0 Å². The lowest BCUT2D eigenvalue weighted by atomic mass is 10.1. The van der Waals surface area contributed by atoms with Gasteiger partial charge in [0.15, 0.2) is 0 Å². The third-order valence-corrected chi connectivity index (χ3v) is 3.95. The van der Waals surface area contributed by atoms with Crippen LogP contribution in [-0.2, 0) is 6.42 Å². The van der Waals surface area contributed by atoms with Crippen molar-refractivity contribution in [1.82, 2.24) is 9.97 Å². The van der Waals surface area contributed by atoms with Gasteiger partial charge in [0.25, 0.3) is 0 Å². The summed E-state index contributed by atoms with van der Waals surface area (Å²) < 4.78 is 0. The van der Waals surface area contributed by atoms with Crippen LogP contribution in [0.3, 0.4) is 0 Å². The van der Waals surface area contributed by atoms with Gasteiger partial charge in [0.2, 0.25) is 0 Å². The second-order valence-corrected chi connectivity index (χ2v) is 5.50. The molecule has 1 heterocycles. The molecule has 0 radical (unpaired) electrons. The summed E-state index contributed by atoms with van der Waals surface area (Å²) in [6.07, 6.45) is 5.70. The van der Waals surface area contributed by atoms with Crippen molar-refractivity contribution >= 4 is 29.1 Å². The second kappa shape index (κ2) is 7.88. The fraction of sp³-hybridized carbons (Fsp3) is 0.375. The van der Waals surface area contributed by atoms with Crippen molar-refractivity contribution in [3.8, 4) is 0 Å². The van der Waals surface area contributed by atoms with Crippen molar-refractivity contribution in [3.63, 3.8) is 0 Å². The van der Waals surface area contributed by atoms with Gasteiger partial charge in [0.05, 0.1) is 5.69 Å². The first kappa shape index (κ1) is 15.6. The molecule has 21 heavy (non-hydrogen) atoms. The van der Waals surface area contributed by atoms with Crippen molar-refractivity contribution in [1.29, 1.82) is 0 Å². The average molecular weight is 302 g/mol. The predicted molar refractivity (Wildman–Crippen MR) is 91.7 cm³/mol. The summed E-state index contributed by atoms with van der Waals surface area (Å²) >= 11 is 1.73. The topological polar surface area (TPSA) is 49.8 Å². The quantitative estimate of drug-likeness (QED) is 0.746. The largest absolute Gasteiger partial charge is 0.370 e. The Balaban J connectivity index is 2.36. The van der Waals surface area contributed by atoms with Gasteiger partial charge in [0.1, 0.15) is 18.0 Å². The Bertz CT molecular complexity index is 586. The van der Waals surface area contributed by atoms with Crippen LogP contribution in [0.2, 0.25) is 0 Å². The number of anilines is 3. The number of hydrogen-bond donors (Lipinski definition) is 2. The Hall–Kier alpha value is -1.75. The number of hydrogen-bond acceptors (Lipinski definition) is 5. The fourth-order valence-corrected chi connectivity index (χ4v) is 2.76. The summed E-state index contributed by atoms with van der Waals surface area (Å²) in [6, 6.07) is 8.28. The van der Waals surface area contributed by atoms with Crippen LogP contribution in [0.15, 0.2) is 35.5 Å². The predicted octanol–water partition coefficient (Wildman–Crippen LogP) is 4.33. The molecule has 0 saturated heterocycles. The third kappa shape index (κ3) is 3.88. The number of aromatic nitrogens is 2. The van der Waals surface area contributed by atoms with E-state index in [0.29, 0.717) is 0 Å². The molecule has 0 amide bonds. The molecule has 0 aliphatic rings. The first-order valence-corrected chi connectivity index (χ1v) is 8.50. The van der Waals surface area contributed by atoms with E-state index in [-0.39, 0.29) is 0 Å². The number of rotatable bonds is 7. The molecule has 2 rings (SSSR count). The van der Waals surface area contributed by atoms with E-state index in [4.69, 9.17) is 0 Å². The van der Waals surface area contributed by atoms with Crippen molar-refractivity contribution < 1.29 is 0 Å². The van der Waals surface area contributed by atoms with Gasteiger partial charge in [-0.3, -0.25) is 0 Å². The Morgan fingerprint density at radius 3 is 2.57 bits per heavy atom. The summed E-state index contributed by atoms with van der Waals surface area (Å²) in [4.78, 5) is 10.0. The molecule has 112 valence electrons. The minimum absolute atomic E-state index is 0.856. The molecule has 0 atom stereocenters. The van der Waals surface area contributed by atoms with Crippen LogP contribution in [0.5, 0.6) is 0 Å². The number of thioether (sulfide) groups is 1. The van der Waals surface area contributed by atoms with Gasteiger partial charge in [-0.15, -0.1) is 11.8 Å². The van der Waals surface area contributed by atoms with Gasteiger partial charge in [-0.2, -0.15) is 0 Å². The molecule has 0 bridgehead atoms. The first-order valence-electron chi connectivity index (χ1n) is 7.27. The summed E-state index contributed by atoms with van der Waals surface area (Å²) in [5.74, 6) is 1.82. The van der Waals surface area contributed by atoms with E-state index in [1.165, 1.54) is 4.90 Å². The lowest BCUT2D eigenvalue weighted by molar-refractivity contribution is 0.902. The van der Waals surface area contributed by atoms with Gasteiger partial charge >= 0.3 is 0 Å². The third-order valence-electron chi connectivity index (χ3n) is 3.15. The van der Waals surface area contributed by atoms with Gasteiger partial charge < -0.3 is 10.6 Å². The van der Waals surface area contributed by atoms with Crippen molar-refractivity contribution in [2.45, 2.75) is 31.6 Å². The molecule has 5 heteroatoms. The molecule has 2 N–H and O–H groups in total. The Kier molecular flexibility index (Phi) is 5.87. The monoisotopic (exact) mass is 302 g/mol. The van der Waals surface area contributed by atoms with Gasteiger partial charge in [-0.1, -0.05) is 25.5 Å². The number of nitrogens with one attached hydrogen (secondary N) is 2. The normalized spacial score (nSPS) is 10.4. The van der Waals surface area contributed by atoms with Crippen LogP contribution < -0.4 is 10.6 Å². The van der Waals surface area contributed by atoms with Gasteiger partial charge in [-0.25, -0.2) is 9.97 Å². The maximum Gasteiger partial charge on any atom is 0.139 e. The molecule has 0 saturated carbocycles. The molecule has 0 aliphatic carbocycles. The smallest absolute Gasteiger partial charge is 0.139 e. The van der Waals surface area contributed by atoms with E-state index >= 15 is 0 Å².